The smallest absolute Gasteiger partial charge is 0.255 e. The molecule has 0 aliphatic carbocycles. The molecule has 0 saturated heterocycles. The van der Waals surface area contributed by atoms with E-state index in [9.17, 15) is 18.3 Å². The topological polar surface area (TPSA) is 113 Å². The molecule has 2 rings (SSSR count). The lowest BCUT2D eigenvalue weighted by Gasteiger charge is -2.24. The number of amides is 1. The summed E-state index contributed by atoms with van der Waals surface area (Å²) in [6, 6.07) is 1.79. The second kappa shape index (κ2) is 8.71. The molecular formula is C20H31N3O5S. The molecule has 0 atom stereocenters. The van der Waals surface area contributed by atoms with E-state index >= 15 is 0 Å². The fourth-order valence-electron chi connectivity index (χ4n) is 3.30. The van der Waals surface area contributed by atoms with Crippen LogP contribution in [-0.2, 0) is 16.4 Å². The Hall–Kier alpha value is -2.13. The molecule has 2 N–H and O–H groups in total. The third-order valence-corrected chi connectivity index (χ3v) is 5.94. The summed E-state index contributed by atoms with van der Waals surface area (Å²) >= 11 is 0. The summed E-state index contributed by atoms with van der Waals surface area (Å²) in [5, 5.41) is 13.0. The summed E-state index contributed by atoms with van der Waals surface area (Å²) in [6.45, 7) is 7.31. The number of unbranched alkanes of at least 4 members (excludes halogenated alkanes) is 1. The van der Waals surface area contributed by atoms with Crippen molar-refractivity contribution in [1.82, 2.24) is 10.3 Å². The van der Waals surface area contributed by atoms with Crippen molar-refractivity contribution in [3.8, 4) is 0 Å². The first kappa shape index (κ1) is 23.2. The van der Waals surface area contributed by atoms with Gasteiger partial charge in [0.05, 0.1) is 22.8 Å². The van der Waals surface area contributed by atoms with Crippen LogP contribution in [0.15, 0.2) is 10.5 Å². The number of aliphatic hydroxyl groups is 1. The highest BCUT2D eigenvalue weighted by molar-refractivity contribution is 7.92. The monoisotopic (exact) mass is 425 g/mol. The summed E-state index contributed by atoms with van der Waals surface area (Å²) < 4.78 is 31.9. The number of aromatic nitrogens is 1. The molecule has 8 nitrogen and oxygen atoms in total. The third kappa shape index (κ3) is 5.48. The highest BCUT2D eigenvalue weighted by Gasteiger charge is 2.26. The predicted octanol–water partition coefficient (Wildman–Crippen LogP) is 2.77. The molecule has 0 fully saturated rings. The van der Waals surface area contributed by atoms with E-state index in [1.807, 2.05) is 6.92 Å². The van der Waals surface area contributed by atoms with E-state index in [0.717, 1.165) is 11.8 Å². The lowest BCUT2D eigenvalue weighted by Crippen LogP contribution is -2.33. The van der Waals surface area contributed by atoms with Gasteiger partial charge in [-0.1, -0.05) is 6.92 Å². The maximum atomic E-state index is 12.5. The van der Waals surface area contributed by atoms with E-state index in [4.69, 9.17) is 4.42 Å². The van der Waals surface area contributed by atoms with Gasteiger partial charge in [-0.3, -0.25) is 9.10 Å². The molecular weight excluding hydrogens is 394 g/mol. The Morgan fingerprint density at radius 2 is 2.00 bits per heavy atom. The first-order valence-electron chi connectivity index (χ1n) is 9.74. The fraction of sp³-hybridized carbons (Fsp3) is 0.600. The van der Waals surface area contributed by atoms with Gasteiger partial charge in [-0.15, -0.1) is 0 Å². The number of carbonyl (C=O) groups excluding carboxylic acids is 1. The number of hydrogen-bond donors (Lipinski definition) is 2. The molecule has 0 aliphatic heterocycles. The summed E-state index contributed by atoms with van der Waals surface area (Å²) in [6.07, 6.45) is 3.54. The van der Waals surface area contributed by atoms with Crippen molar-refractivity contribution in [1.29, 1.82) is 0 Å². The Labute approximate surface area is 172 Å². The van der Waals surface area contributed by atoms with Crippen molar-refractivity contribution in [2.75, 3.05) is 24.2 Å². The molecule has 0 aliphatic rings. The second-order valence-electron chi connectivity index (χ2n) is 7.89. The minimum atomic E-state index is -3.57. The van der Waals surface area contributed by atoms with Gasteiger partial charge in [-0.2, -0.15) is 4.98 Å². The van der Waals surface area contributed by atoms with Crippen LogP contribution in [0, 0.1) is 6.92 Å². The lowest BCUT2D eigenvalue weighted by molar-refractivity contribution is 0.0684. The Morgan fingerprint density at radius 3 is 2.52 bits per heavy atom. The van der Waals surface area contributed by atoms with Crippen molar-refractivity contribution in [2.24, 2.45) is 0 Å². The van der Waals surface area contributed by atoms with Crippen LogP contribution in [0.3, 0.4) is 0 Å². The number of fused-ring (bicyclic) bond motifs is 1. The van der Waals surface area contributed by atoms with Crippen LogP contribution in [0.5, 0.6) is 0 Å². The number of furan rings is 1. The Balaban J connectivity index is 2.47. The standard InChI is InChI=1S/C20H31N3O5S/c1-7-14-12-15-16(18(24)21-5)13(2)28-19(15)22-17(14)23(29(6,26)27)11-9-8-10-20(3,4)25/h12,25H,7-11H2,1-6H3,(H,21,24). The van der Waals surface area contributed by atoms with Crippen molar-refractivity contribution in [3.63, 3.8) is 0 Å². The number of nitrogens with zero attached hydrogens (tertiary/aromatic N) is 2. The second-order valence-corrected chi connectivity index (χ2v) is 9.80. The average molecular weight is 426 g/mol. The van der Waals surface area contributed by atoms with E-state index in [-0.39, 0.29) is 18.2 Å². The highest BCUT2D eigenvalue weighted by Crippen LogP contribution is 2.31. The highest BCUT2D eigenvalue weighted by atomic mass is 32.2. The number of anilines is 1. The largest absolute Gasteiger partial charge is 0.442 e. The van der Waals surface area contributed by atoms with Crippen LogP contribution >= 0.6 is 0 Å². The minimum Gasteiger partial charge on any atom is -0.442 e. The molecule has 0 bridgehead atoms. The fourth-order valence-corrected chi connectivity index (χ4v) is 4.23. The molecule has 9 heteroatoms. The Bertz CT molecular complexity index is 990. The van der Waals surface area contributed by atoms with Gasteiger partial charge < -0.3 is 14.8 Å². The zero-order valence-corrected chi connectivity index (χ0v) is 18.8. The number of rotatable bonds is 9. The molecule has 0 unspecified atom stereocenters. The molecule has 2 aromatic heterocycles. The summed E-state index contributed by atoms with van der Waals surface area (Å²) in [5.74, 6) is 0.481. The maximum absolute atomic E-state index is 12.5. The number of pyridine rings is 1. The molecule has 0 spiro atoms. The number of carbonyl (C=O) groups is 1. The van der Waals surface area contributed by atoms with E-state index in [0.29, 0.717) is 48.2 Å². The minimum absolute atomic E-state index is 0.235. The van der Waals surface area contributed by atoms with Crippen molar-refractivity contribution in [3.05, 3.63) is 23.0 Å². The van der Waals surface area contributed by atoms with Gasteiger partial charge in [0, 0.05) is 13.6 Å². The van der Waals surface area contributed by atoms with Gasteiger partial charge in [0.25, 0.3) is 5.91 Å². The lowest BCUT2D eigenvalue weighted by atomic mass is 10.0. The van der Waals surface area contributed by atoms with Crippen LogP contribution in [0.25, 0.3) is 11.1 Å². The Morgan fingerprint density at radius 1 is 1.34 bits per heavy atom. The van der Waals surface area contributed by atoms with Crippen LogP contribution in [-0.4, -0.2) is 49.9 Å². The Kier molecular flexibility index (Phi) is 6.95. The van der Waals surface area contributed by atoms with Gasteiger partial charge in [0.1, 0.15) is 11.6 Å². The summed E-state index contributed by atoms with van der Waals surface area (Å²) in [4.78, 5) is 16.7. The number of hydrogen-bond acceptors (Lipinski definition) is 6. The zero-order valence-electron chi connectivity index (χ0n) is 18.0. The van der Waals surface area contributed by atoms with Crippen molar-refractivity contribution >= 4 is 32.8 Å². The van der Waals surface area contributed by atoms with E-state index in [1.165, 1.54) is 4.31 Å². The average Bonchev–Trinajstić information content (AvgIpc) is 2.92. The van der Waals surface area contributed by atoms with Gasteiger partial charge in [0.15, 0.2) is 0 Å². The first-order valence-corrected chi connectivity index (χ1v) is 11.6. The zero-order chi connectivity index (χ0) is 22.0. The molecule has 0 aromatic carbocycles. The number of sulfonamides is 1. The van der Waals surface area contributed by atoms with Gasteiger partial charge >= 0.3 is 0 Å². The molecule has 2 heterocycles. The van der Waals surface area contributed by atoms with Crippen LogP contribution in [0.1, 0.15) is 61.7 Å². The van der Waals surface area contributed by atoms with Gasteiger partial charge in [0.2, 0.25) is 15.7 Å². The third-order valence-electron chi connectivity index (χ3n) is 4.79. The SMILES string of the molecule is CCc1cc2c(C(=O)NC)c(C)oc2nc1N(CCCCC(C)(C)O)S(C)(=O)=O. The van der Waals surface area contributed by atoms with Crippen LogP contribution < -0.4 is 9.62 Å². The molecule has 29 heavy (non-hydrogen) atoms. The normalized spacial score (nSPS) is 12.4. The predicted molar refractivity (Wildman–Crippen MR) is 114 cm³/mol. The van der Waals surface area contributed by atoms with E-state index in [1.54, 1.807) is 33.9 Å². The van der Waals surface area contributed by atoms with E-state index < -0.39 is 15.6 Å². The summed E-state index contributed by atoms with van der Waals surface area (Å²) in [5.41, 5.74) is 0.575. The quantitative estimate of drug-likeness (QED) is 0.597. The molecule has 0 saturated carbocycles. The van der Waals surface area contributed by atoms with Gasteiger partial charge in [-0.05, 0) is 58.1 Å². The number of nitrogens with one attached hydrogen (secondary N) is 1. The van der Waals surface area contributed by atoms with E-state index in [2.05, 4.69) is 10.3 Å². The van der Waals surface area contributed by atoms with Crippen molar-refractivity contribution < 1.29 is 22.7 Å². The first-order chi connectivity index (χ1) is 13.4. The van der Waals surface area contributed by atoms with Gasteiger partial charge in [-0.25, -0.2) is 8.42 Å². The van der Waals surface area contributed by atoms with Crippen LogP contribution in [0.4, 0.5) is 5.82 Å². The maximum Gasteiger partial charge on any atom is 0.255 e. The summed E-state index contributed by atoms with van der Waals surface area (Å²) in [7, 11) is -2.03. The molecule has 0 radical (unpaired) electrons. The molecule has 162 valence electrons. The molecule has 2 aromatic rings. The number of aryl methyl sites for hydroxylation is 2. The van der Waals surface area contributed by atoms with Crippen LogP contribution in [0.2, 0.25) is 0 Å². The van der Waals surface area contributed by atoms with Crippen molar-refractivity contribution in [2.45, 2.75) is 59.0 Å². The molecule has 1 amide bonds.